The second kappa shape index (κ2) is 9.47. The van der Waals surface area contributed by atoms with Gasteiger partial charge in [0, 0.05) is 38.5 Å². The molecule has 1 aromatic heterocycles. The van der Waals surface area contributed by atoms with Gasteiger partial charge >= 0.3 is 0 Å². The molecule has 0 aliphatic heterocycles. The molecule has 1 N–H and O–H groups in total. The van der Waals surface area contributed by atoms with E-state index in [9.17, 15) is 4.39 Å². The van der Waals surface area contributed by atoms with E-state index in [0.717, 1.165) is 6.54 Å². The van der Waals surface area contributed by atoms with Crippen LogP contribution >= 0.6 is 0 Å². The highest BCUT2D eigenvalue weighted by Crippen LogP contribution is 2.19. The quantitative estimate of drug-likeness (QED) is 0.673. The maximum absolute atomic E-state index is 14.6. The third kappa shape index (κ3) is 5.81. The predicted molar refractivity (Wildman–Crippen MR) is 85.0 cm³/mol. The first kappa shape index (κ1) is 17.6. The van der Waals surface area contributed by atoms with Crippen LogP contribution in [0.1, 0.15) is 19.4 Å². The largest absolute Gasteiger partial charge is 0.383 e. The zero-order chi connectivity index (χ0) is 15.7. The Kier molecular flexibility index (Phi) is 7.93. The summed E-state index contributed by atoms with van der Waals surface area (Å²) in [6, 6.07) is 1.72. The average molecular weight is 295 g/mol. The number of rotatable bonds is 10. The molecular weight excluding hydrogens is 269 g/mol. The number of methoxy groups -OCH3 is 1. The molecule has 0 saturated heterocycles. The van der Waals surface area contributed by atoms with Crippen molar-refractivity contribution < 1.29 is 9.13 Å². The molecule has 0 atom stereocenters. The van der Waals surface area contributed by atoms with Gasteiger partial charge in [0.2, 0.25) is 0 Å². The average Bonchev–Trinajstić information content (AvgIpc) is 2.45. The summed E-state index contributed by atoms with van der Waals surface area (Å²) in [7, 11) is 1.63. The number of nitrogens with one attached hydrogen (secondary N) is 1. The lowest BCUT2D eigenvalue weighted by Gasteiger charge is -2.23. The minimum Gasteiger partial charge on any atom is -0.383 e. The fourth-order valence-electron chi connectivity index (χ4n) is 1.96. The van der Waals surface area contributed by atoms with Crippen molar-refractivity contribution in [2.45, 2.75) is 20.4 Å². The molecule has 0 aromatic carbocycles. The SMILES string of the molecule is C=CCN(CCOC)c1nccc(CNCC(C)C)c1F. The number of aromatic nitrogens is 1. The molecular formula is C16H26FN3O. The van der Waals surface area contributed by atoms with Crippen molar-refractivity contribution in [2.24, 2.45) is 5.92 Å². The van der Waals surface area contributed by atoms with Gasteiger partial charge < -0.3 is 15.0 Å². The normalized spacial score (nSPS) is 10.9. The van der Waals surface area contributed by atoms with Crippen molar-refractivity contribution in [1.82, 2.24) is 10.3 Å². The summed E-state index contributed by atoms with van der Waals surface area (Å²) < 4.78 is 19.6. The van der Waals surface area contributed by atoms with Gasteiger partial charge in [0.05, 0.1) is 6.61 Å². The third-order valence-electron chi connectivity index (χ3n) is 3.03. The first-order chi connectivity index (χ1) is 10.1. The maximum Gasteiger partial charge on any atom is 0.170 e. The van der Waals surface area contributed by atoms with E-state index in [1.54, 1.807) is 25.4 Å². The van der Waals surface area contributed by atoms with Gasteiger partial charge in [0.15, 0.2) is 11.6 Å². The Morgan fingerprint density at radius 1 is 1.52 bits per heavy atom. The lowest BCUT2D eigenvalue weighted by molar-refractivity contribution is 0.205. The summed E-state index contributed by atoms with van der Waals surface area (Å²) in [5.41, 5.74) is 0.632. The Morgan fingerprint density at radius 3 is 2.90 bits per heavy atom. The number of anilines is 1. The molecule has 0 unspecified atom stereocenters. The van der Waals surface area contributed by atoms with Crippen LogP contribution < -0.4 is 10.2 Å². The van der Waals surface area contributed by atoms with Crippen LogP contribution in [0.25, 0.3) is 0 Å². The second-order valence-corrected chi connectivity index (χ2v) is 5.36. The fourth-order valence-corrected chi connectivity index (χ4v) is 1.96. The molecule has 0 amide bonds. The summed E-state index contributed by atoms with van der Waals surface area (Å²) in [5, 5.41) is 3.25. The minimum atomic E-state index is -0.272. The zero-order valence-electron chi connectivity index (χ0n) is 13.2. The van der Waals surface area contributed by atoms with Crippen LogP contribution in [0.15, 0.2) is 24.9 Å². The fraction of sp³-hybridized carbons (Fsp3) is 0.562. The molecule has 21 heavy (non-hydrogen) atoms. The van der Waals surface area contributed by atoms with E-state index >= 15 is 0 Å². The number of hydrogen-bond donors (Lipinski definition) is 1. The predicted octanol–water partition coefficient (Wildman–Crippen LogP) is 2.61. The third-order valence-corrected chi connectivity index (χ3v) is 3.03. The Morgan fingerprint density at radius 2 is 2.29 bits per heavy atom. The lowest BCUT2D eigenvalue weighted by atomic mass is 10.2. The molecule has 0 radical (unpaired) electrons. The summed E-state index contributed by atoms with van der Waals surface area (Å²) in [6.07, 6.45) is 3.38. The van der Waals surface area contributed by atoms with Gasteiger partial charge in [-0.25, -0.2) is 9.37 Å². The van der Waals surface area contributed by atoms with Gasteiger partial charge in [-0.05, 0) is 18.5 Å². The molecule has 0 aliphatic carbocycles. The number of nitrogens with zero attached hydrogens (tertiary/aromatic N) is 2. The Labute approximate surface area is 127 Å². The van der Waals surface area contributed by atoms with Gasteiger partial charge in [0.25, 0.3) is 0 Å². The first-order valence-electron chi connectivity index (χ1n) is 7.29. The zero-order valence-corrected chi connectivity index (χ0v) is 13.2. The van der Waals surface area contributed by atoms with Gasteiger partial charge in [-0.2, -0.15) is 0 Å². The molecule has 1 heterocycles. The Bertz CT molecular complexity index is 438. The highest BCUT2D eigenvalue weighted by atomic mass is 19.1. The summed E-state index contributed by atoms with van der Waals surface area (Å²) in [5.74, 6) is 0.621. The van der Waals surface area contributed by atoms with Crippen LogP contribution in [-0.4, -0.2) is 38.3 Å². The van der Waals surface area contributed by atoms with E-state index < -0.39 is 0 Å². The summed E-state index contributed by atoms with van der Waals surface area (Å²) >= 11 is 0. The van der Waals surface area contributed by atoms with Crippen molar-refractivity contribution in [2.75, 3.05) is 38.3 Å². The van der Waals surface area contributed by atoms with Gasteiger partial charge in [0.1, 0.15) is 0 Å². The number of halogens is 1. The molecule has 0 fully saturated rings. The van der Waals surface area contributed by atoms with Crippen LogP contribution in [0.2, 0.25) is 0 Å². The van der Waals surface area contributed by atoms with E-state index in [0.29, 0.717) is 43.5 Å². The van der Waals surface area contributed by atoms with E-state index in [-0.39, 0.29) is 5.82 Å². The molecule has 0 aliphatic rings. The number of ether oxygens (including phenoxy) is 1. The smallest absolute Gasteiger partial charge is 0.170 e. The minimum absolute atomic E-state index is 0.272. The van der Waals surface area contributed by atoms with Crippen molar-refractivity contribution in [3.05, 3.63) is 36.3 Å². The second-order valence-electron chi connectivity index (χ2n) is 5.36. The topological polar surface area (TPSA) is 37.4 Å². The van der Waals surface area contributed by atoms with Gasteiger partial charge in [-0.15, -0.1) is 6.58 Å². The molecule has 0 saturated carbocycles. The van der Waals surface area contributed by atoms with E-state index in [1.807, 2.05) is 4.90 Å². The Balaban J connectivity index is 2.82. The highest BCUT2D eigenvalue weighted by Gasteiger charge is 2.15. The van der Waals surface area contributed by atoms with E-state index in [2.05, 4.69) is 30.7 Å². The monoisotopic (exact) mass is 295 g/mol. The molecule has 0 spiro atoms. The first-order valence-corrected chi connectivity index (χ1v) is 7.29. The van der Waals surface area contributed by atoms with Crippen LogP contribution in [-0.2, 0) is 11.3 Å². The Hall–Kier alpha value is -1.46. The van der Waals surface area contributed by atoms with E-state index in [4.69, 9.17) is 4.74 Å². The summed E-state index contributed by atoms with van der Waals surface area (Å²) in [4.78, 5) is 6.00. The number of hydrogen-bond acceptors (Lipinski definition) is 4. The lowest BCUT2D eigenvalue weighted by Crippen LogP contribution is -2.29. The van der Waals surface area contributed by atoms with Crippen molar-refractivity contribution >= 4 is 5.82 Å². The van der Waals surface area contributed by atoms with Gasteiger partial charge in [-0.1, -0.05) is 19.9 Å². The molecule has 1 rings (SSSR count). The van der Waals surface area contributed by atoms with Crippen LogP contribution in [0, 0.1) is 11.7 Å². The maximum atomic E-state index is 14.6. The van der Waals surface area contributed by atoms with Crippen LogP contribution in [0.4, 0.5) is 10.2 Å². The summed E-state index contributed by atoms with van der Waals surface area (Å²) in [6.45, 7) is 11.0. The molecule has 4 nitrogen and oxygen atoms in total. The van der Waals surface area contributed by atoms with Crippen molar-refractivity contribution in [3.63, 3.8) is 0 Å². The van der Waals surface area contributed by atoms with Crippen molar-refractivity contribution in [1.29, 1.82) is 0 Å². The molecule has 5 heteroatoms. The number of pyridine rings is 1. The molecule has 118 valence electrons. The molecule has 1 aromatic rings. The van der Waals surface area contributed by atoms with Crippen LogP contribution in [0.5, 0.6) is 0 Å². The van der Waals surface area contributed by atoms with Crippen molar-refractivity contribution in [3.8, 4) is 0 Å². The standard InChI is InChI=1S/C16H26FN3O/c1-5-8-20(9-10-21-4)16-15(17)14(6-7-19-16)12-18-11-13(2)3/h5-7,13,18H,1,8-12H2,2-4H3. The van der Waals surface area contributed by atoms with E-state index in [1.165, 1.54) is 0 Å². The molecule has 0 bridgehead atoms. The van der Waals surface area contributed by atoms with Gasteiger partial charge in [-0.3, -0.25) is 0 Å². The highest BCUT2D eigenvalue weighted by molar-refractivity contribution is 5.43. The van der Waals surface area contributed by atoms with Crippen LogP contribution in [0.3, 0.4) is 0 Å².